The number of fused-ring (bicyclic) bond motifs is 3. The van der Waals surface area contributed by atoms with E-state index in [4.69, 9.17) is 14.2 Å². The predicted octanol–water partition coefficient (Wildman–Crippen LogP) is 8.21. The Labute approximate surface area is 257 Å². The molecule has 0 saturated heterocycles. The summed E-state index contributed by atoms with van der Waals surface area (Å²) in [6.07, 6.45) is -2.85. The molecule has 2 aromatic rings. The number of rotatable bonds is 7. The first-order valence-corrected chi connectivity index (χ1v) is 15.0. The molecule has 0 aromatic heterocycles. The molecule has 0 fully saturated rings. The number of ether oxygens (including phenoxy) is 3. The van der Waals surface area contributed by atoms with Gasteiger partial charge in [0.2, 0.25) is 0 Å². The smallest absolute Gasteiger partial charge is 0.416 e. The van der Waals surface area contributed by atoms with Crippen molar-refractivity contribution in [2.45, 2.75) is 98.1 Å². The first-order chi connectivity index (χ1) is 20.3. The van der Waals surface area contributed by atoms with Crippen molar-refractivity contribution in [1.29, 1.82) is 0 Å². The lowest BCUT2D eigenvalue weighted by atomic mass is 9.94. The Morgan fingerprint density at radius 3 is 2.23 bits per heavy atom. The molecular formula is C34H43F3N2O5. The molecule has 10 heteroatoms. The summed E-state index contributed by atoms with van der Waals surface area (Å²) in [6, 6.07) is 9.82. The number of carbonyl (C=O) groups excluding carboxylic acids is 2. The standard InChI is InChI=1S/C34H43F3N2O5/c1-21(2)15-23-10-9-22(16-27(23)34(35,36)37)20-42-24-11-12-28-25(17-24)26(18-30(40)43-32(3,4)5)29-19-38(13-14-39(28)29)31(41)44-33(6,7)8/h9-12,16-17,19,21,26H,13-15,18,20H2,1-8H3. The molecule has 4 rings (SSSR count). The molecule has 1 unspecified atom stereocenters. The fourth-order valence-electron chi connectivity index (χ4n) is 5.47. The average molecular weight is 617 g/mol. The number of nitrogens with zero attached hydrogens (tertiary/aromatic N) is 2. The number of anilines is 1. The average Bonchev–Trinajstić information content (AvgIpc) is 3.17. The monoisotopic (exact) mass is 616 g/mol. The number of hydrogen-bond acceptors (Lipinski definition) is 6. The molecule has 0 saturated carbocycles. The molecule has 2 aromatic carbocycles. The summed E-state index contributed by atoms with van der Waals surface area (Å²) in [6.45, 7) is 15.4. The van der Waals surface area contributed by atoms with Crippen LogP contribution in [0.25, 0.3) is 0 Å². The van der Waals surface area contributed by atoms with E-state index in [-0.39, 0.29) is 24.5 Å². The van der Waals surface area contributed by atoms with Crippen molar-refractivity contribution < 1.29 is 37.0 Å². The van der Waals surface area contributed by atoms with Gasteiger partial charge in [-0.25, -0.2) is 4.79 Å². The number of benzene rings is 2. The maximum Gasteiger partial charge on any atom is 0.416 e. The van der Waals surface area contributed by atoms with Crippen LogP contribution >= 0.6 is 0 Å². The van der Waals surface area contributed by atoms with Crippen molar-refractivity contribution in [1.82, 2.24) is 4.90 Å². The Kier molecular flexibility index (Phi) is 9.33. The first kappa shape index (κ1) is 33.2. The van der Waals surface area contributed by atoms with Crippen LogP contribution in [0.2, 0.25) is 0 Å². The van der Waals surface area contributed by atoms with Gasteiger partial charge in [0.05, 0.1) is 12.0 Å². The molecule has 1 amide bonds. The number of esters is 1. The largest absolute Gasteiger partial charge is 0.489 e. The maximum absolute atomic E-state index is 13.8. The SMILES string of the molecule is CC(C)Cc1ccc(COc2ccc3c(c2)C(CC(=O)OC(C)(C)C)C2=CN(C(=O)OC(C)(C)C)CCN23)cc1C(F)(F)F. The van der Waals surface area contributed by atoms with Crippen molar-refractivity contribution in [3.8, 4) is 5.75 Å². The normalized spacial score (nSPS) is 16.8. The molecule has 2 aliphatic rings. The summed E-state index contributed by atoms with van der Waals surface area (Å²) in [4.78, 5) is 29.5. The van der Waals surface area contributed by atoms with Crippen LogP contribution in [0.4, 0.5) is 23.7 Å². The van der Waals surface area contributed by atoms with Crippen molar-refractivity contribution in [2.24, 2.45) is 5.92 Å². The van der Waals surface area contributed by atoms with Crippen molar-refractivity contribution in [3.05, 3.63) is 70.5 Å². The Hall–Kier alpha value is -3.69. The molecule has 1 atom stereocenters. The minimum Gasteiger partial charge on any atom is -0.489 e. The van der Waals surface area contributed by atoms with Gasteiger partial charge < -0.3 is 19.1 Å². The van der Waals surface area contributed by atoms with E-state index in [0.29, 0.717) is 30.8 Å². The summed E-state index contributed by atoms with van der Waals surface area (Å²) in [5.41, 5.74) is 1.14. The van der Waals surface area contributed by atoms with Gasteiger partial charge in [-0.1, -0.05) is 26.0 Å². The molecule has 44 heavy (non-hydrogen) atoms. The first-order valence-electron chi connectivity index (χ1n) is 15.0. The van der Waals surface area contributed by atoms with Crippen LogP contribution in [-0.4, -0.2) is 41.3 Å². The van der Waals surface area contributed by atoms with E-state index in [1.54, 1.807) is 59.9 Å². The molecule has 2 heterocycles. The zero-order valence-corrected chi connectivity index (χ0v) is 26.8. The zero-order chi connectivity index (χ0) is 32.6. The van der Waals surface area contributed by atoms with Gasteiger partial charge >= 0.3 is 18.2 Å². The van der Waals surface area contributed by atoms with Crippen LogP contribution < -0.4 is 9.64 Å². The summed E-state index contributed by atoms with van der Waals surface area (Å²) in [5.74, 6) is -0.273. The highest BCUT2D eigenvalue weighted by molar-refractivity contribution is 5.78. The maximum atomic E-state index is 13.8. The van der Waals surface area contributed by atoms with Gasteiger partial charge in [0, 0.05) is 36.6 Å². The summed E-state index contributed by atoms with van der Waals surface area (Å²) in [5, 5.41) is 0. The highest BCUT2D eigenvalue weighted by Gasteiger charge is 2.40. The zero-order valence-electron chi connectivity index (χ0n) is 26.8. The molecule has 240 valence electrons. The van der Waals surface area contributed by atoms with Gasteiger partial charge in [0.15, 0.2) is 0 Å². The number of hydrogen-bond donors (Lipinski definition) is 0. The fourth-order valence-corrected chi connectivity index (χ4v) is 5.47. The Balaban J connectivity index is 1.62. The van der Waals surface area contributed by atoms with Gasteiger partial charge in [-0.3, -0.25) is 9.69 Å². The number of allylic oxidation sites excluding steroid dienone is 1. The van der Waals surface area contributed by atoms with Crippen molar-refractivity contribution in [3.63, 3.8) is 0 Å². The summed E-state index contributed by atoms with van der Waals surface area (Å²) in [7, 11) is 0. The van der Waals surface area contributed by atoms with Crippen LogP contribution in [-0.2, 0) is 33.5 Å². The molecule has 0 N–H and O–H groups in total. The lowest BCUT2D eigenvalue weighted by Crippen LogP contribution is -2.42. The van der Waals surface area contributed by atoms with E-state index in [1.165, 1.54) is 11.0 Å². The van der Waals surface area contributed by atoms with Gasteiger partial charge in [0.1, 0.15) is 23.6 Å². The molecule has 0 bridgehead atoms. The van der Waals surface area contributed by atoms with Gasteiger partial charge in [-0.15, -0.1) is 0 Å². The van der Waals surface area contributed by atoms with Gasteiger partial charge in [-0.05, 0) is 94.8 Å². The van der Waals surface area contributed by atoms with E-state index >= 15 is 0 Å². The lowest BCUT2D eigenvalue weighted by Gasteiger charge is -2.34. The third-order valence-corrected chi connectivity index (χ3v) is 7.12. The van der Waals surface area contributed by atoms with E-state index in [2.05, 4.69) is 4.90 Å². The second-order valence-corrected chi connectivity index (χ2v) is 13.8. The Morgan fingerprint density at radius 2 is 1.61 bits per heavy atom. The van der Waals surface area contributed by atoms with Crippen LogP contribution in [0, 0.1) is 5.92 Å². The second-order valence-electron chi connectivity index (χ2n) is 13.8. The molecule has 0 aliphatic carbocycles. The number of alkyl halides is 3. The van der Waals surface area contributed by atoms with Crippen LogP contribution in [0.15, 0.2) is 48.3 Å². The highest BCUT2D eigenvalue weighted by Crippen LogP contribution is 2.48. The number of carbonyl (C=O) groups is 2. The third kappa shape index (κ3) is 8.27. The van der Waals surface area contributed by atoms with E-state index in [1.807, 2.05) is 26.0 Å². The van der Waals surface area contributed by atoms with E-state index in [9.17, 15) is 22.8 Å². The molecule has 7 nitrogen and oxygen atoms in total. The topological polar surface area (TPSA) is 68.3 Å². The van der Waals surface area contributed by atoms with Crippen LogP contribution in [0.3, 0.4) is 0 Å². The number of halogens is 3. The quantitative estimate of drug-likeness (QED) is 0.292. The van der Waals surface area contributed by atoms with Crippen LogP contribution in [0.1, 0.15) is 90.0 Å². The Morgan fingerprint density at radius 1 is 0.932 bits per heavy atom. The van der Waals surface area contributed by atoms with E-state index < -0.39 is 40.9 Å². The second kappa shape index (κ2) is 12.4. The fraction of sp³-hybridized carbons (Fsp3) is 0.529. The predicted molar refractivity (Wildman–Crippen MR) is 162 cm³/mol. The lowest BCUT2D eigenvalue weighted by molar-refractivity contribution is -0.155. The molecule has 0 spiro atoms. The summed E-state index contributed by atoms with van der Waals surface area (Å²) < 4.78 is 58.7. The minimum atomic E-state index is -4.46. The molecule has 0 radical (unpaired) electrons. The van der Waals surface area contributed by atoms with Gasteiger partial charge in [-0.2, -0.15) is 13.2 Å². The highest BCUT2D eigenvalue weighted by atomic mass is 19.4. The van der Waals surface area contributed by atoms with Crippen molar-refractivity contribution >= 4 is 17.7 Å². The van der Waals surface area contributed by atoms with Crippen LogP contribution in [0.5, 0.6) is 5.75 Å². The number of amides is 1. The minimum absolute atomic E-state index is 0.0322. The molecule has 2 aliphatic heterocycles. The molecular weight excluding hydrogens is 573 g/mol. The van der Waals surface area contributed by atoms with E-state index in [0.717, 1.165) is 23.0 Å². The summed E-state index contributed by atoms with van der Waals surface area (Å²) >= 11 is 0. The Bertz CT molecular complexity index is 1420. The van der Waals surface area contributed by atoms with Gasteiger partial charge in [0.25, 0.3) is 0 Å². The third-order valence-electron chi connectivity index (χ3n) is 7.12. The van der Waals surface area contributed by atoms with Crippen molar-refractivity contribution in [2.75, 3.05) is 18.0 Å².